The molecule has 0 aliphatic heterocycles. The van der Waals surface area contributed by atoms with Crippen molar-refractivity contribution in [3.63, 3.8) is 0 Å². The van der Waals surface area contributed by atoms with Gasteiger partial charge in [0.25, 0.3) is 6.43 Å². The van der Waals surface area contributed by atoms with Crippen molar-refractivity contribution in [2.24, 2.45) is 5.73 Å². The third-order valence-electron chi connectivity index (χ3n) is 2.16. The first-order valence-corrected chi connectivity index (χ1v) is 4.44. The summed E-state index contributed by atoms with van der Waals surface area (Å²) in [6, 6.07) is 3.14. The minimum atomic E-state index is -2.56. The van der Waals surface area contributed by atoms with Crippen LogP contribution < -0.4 is 5.73 Å². The zero-order valence-electron chi connectivity index (χ0n) is 8.30. The lowest BCUT2D eigenvalue weighted by atomic mass is 10.1. The summed E-state index contributed by atoms with van der Waals surface area (Å²) in [5, 5.41) is 8.47. The Balaban J connectivity index is 3.26. The maximum atomic E-state index is 12.6. The molecule has 0 amide bonds. The third kappa shape index (κ3) is 2.48. The van der Waals surface area contributed by atoms with Crippen LogP contribution in [0, 0.1) is 18.3 Å². The highest BCUT2D eigenvalue weighted by atomic mass is 19.3. The van der Waals surface area contributed by atoms with Crippen LogP contribution in [-0.2, 0) is 13.0 Å². The zero-order valence-corrected chi connectivity index (χ0v) is 8.30. The van der Waals surface area contributed by atoms with Gasteiger partial charge >= 0.3 is 0 Å². The molecule has 80 valence electrons. The molecule has 1 rings (SSSR count). The van der Waals surface area contributed by atoms with E-state index in [1.807, 2.05) is 6.07 Å². The van der Waals surface area contributed by atoms with Gasteiger partial charge in [0.05, 0.1) is 23.9 Å². The van der Waals surface area contributed by atoms with E-state index in [0.717, 1.165) is 0 Å². The van der Waals surface area contributed by atoms with E-state index in [0.29, 0.717) is 17.0 Å². The fourth-order valence-electron chi connectivity index (χ4n) is 1.34. The largest absolute Gasteiger partial charge is 0.325 e. The van der Waals surface area contributed by atoms with Crippen molar-refractivity contribution in [1.82, 2.24) is 4.98 Å². The Kier molecular flexibility index (Phi) is 3.69. The molecule has 0 aliphatic carbocycles. The van der Waals surface area contributed by atoms with Gasteiger partial charge < -0.3 is 5.73 Å². The van der Waals surface area contributed by atoms with Crippen molar-refractivity contribution >= 4 is 0 Å². The molecule has 1 aromatic rings. The standard InChI is InChI=1S/C10H11F2N3/c1-6-8(10(11)12)4-7(2-3-13)15-9(6)5-14/h4,10H,2,5,14H2,1H3. The maximum Gasteiger partial charge on any atom is 0.264 e. The highest BCUT2D eigenvalue weighted by molar-refractivity contribution is 5.33. The van der Waals surface area contributed by atoms with Crippen LogP contribution in [0.5, 0.6) is 0 Å². The molecule has 3 nitrogen and oxygen atoms in total. The van der Waals surface area contributed by atoms with Crippen LogP contribution in [0.3, 0.4) is 0 Å². The smallest absolute Gasteiger partial charge is 0.264 e. The number of halogens is 2. The summed E-state index contributed by atoms with van der Waals surface area (Å²) in [6.07, 6.45) is -2.54. The van der Waals surface area contributed by atoms with Gasteiger partial charge in [-0.05, 0) is 18.6 Å². The van der Waals surface area contributed by atoms with Gasteiger partial charge in [-0.1, -0.05) is 0 Å². The van der Waals surface area contributed by atoms with Crippen molar-refractivity contribution < 1.29 is 8.78 Å². The summed E-state index contributed by atoms with van der Waals surface area (Å²) < 4.78 is 25.2. The first-order valence-electron chi connectivity index (χ1n) is 4.44. The molecule has 0 saturated heterocycles. The normalized spacial score (nSPS) is 10.4. The van der Waals surface area contributed by atoms with Crippen molar-refractivity contribution in [3.05, 3.63) is 28.6 Å². The van der Waals surface area contributed by atoms with Crippen LogP contribution in [0.25, 0.3) is 0 Å². The molecule has 0 unspecified atom stereocenters. The maximum absolute atomic E-state index is 12.6. The zero-order chi connectivity index (χ0) is 11.4. The second-order valence-corrected chi connectivity index (χ2v) is 3.11. The highest BCUT2D eigenvalue weighted by Gasteiger charge is 2.15. The molecule has 0 bridgehead atoms. The van der Waals surface area contributed by atoms with Gasteiger partial charge in [0.1, 0.15) is 0 Å². The van der Waals surface area contributed by atoms with Crippen molar-refractivity contribution in [3.8, 4) is 6.07 Å². The predicted octanol–water partition coefficient (Wildman–Crippen LogP) is 1.85. The van der Waals surface area contributed by atoms with Gasteiger partial charge in [-0.15, -0.1) is 0 Å². The van der Waals surface area contributed by atoms with E-state index in [9.17, 15) is 8.78 Å². The summed E-state index contributed by atoms with van der Waals surface area (Å²) in [5.74, 6) is 0. The minimum Gasteiger partial charge on any atom is -0.325 e. The average molecular weight is 211 g/mol. The van der Waals surface area contributed by atoms with Crippen molar-refractivity contribution in [2.45, 2.75) is 26.3 Å². The second kappa shape index (κ2) is 4.80. The Morgan fingerprint density at radius 2 is 2.27 bits per heavy atom. The SMILES string of the molecule is Cc1c(C(F)F)cc(CC#N)nc1CN. The number of rotatable bonds is 3. The number of pyridine rings is 1. The third-order valence-corrected chi connectivity index (χ3v) is 2.16. The van der Waals surface area contributed by atoms with E-state index in [4.69, 9.17) is 11.0 Å². The summed E-state index contributed by atoms with van der Waals surface area (Å²) in [4.78, 5) is 4.04. The van der Waals surface area contributed by atoms with E-state index in [2.05, 4.69) is 4.98 Å². The molecule has 1 heterocycles. The summed E-state index contributed by atoms with van der Waals surface area (Å²) in [6.45, 7) is 1.66. The van der Waals surface area contributed by atoms with Gasteiger partial charge in [0.15, 0.2) is 0 Å². The van der Waals surface area contributed by atoms with Gasteiger partial charge in [0.2, 0.25) is 0 Å². The number of aromatic nitrogens is 1. The molecular formula is C10H11F2N3. The van der Waals surface area contributed by atoms with Gasteiger partial charge in [-0.25, -0.2) is 8.78 Å². The number of hydrogen-bond acceptors (Lipinski definition) is 3. The van der Waals surface area contributed by atoms with Crippen LogP contribution in [0.1, 0.15) is 28.9 Å². The number of nitrogens with two attached hydrogens (primary N) is 1. The van der Waals surface area contributed by atoms with E-state index < -0.39 is 6.43 Å². The molecule has 5 heteroatoms. The van der Waals surface area contributed by atoms with Gasteiger partial charge in [0, 0.05) is 12.1 Å². The molecule has 0 atom stereocenters. The fourth-order valence-corrected chi connectivity index (χ4v) is 1.34. The van der Waals surface area contributed by atoms with E-state index in [1.54, 1.807) is 6.92 Å². The number of nitriles is 1. The molecule has 2 N–H and O–H groups in total. The van der Waals surface area contributed by atoms with E-state index in [1.165, 1.54) is 6.07 Å². The van der Waals surface area contributed by atoms with Crippen LogP contribution in [-0.4, -0.2) is 4.98 Å². The number of alkyl halides is 2. The molecule has 0 aliphatic rings. The molecular weight excluding hydrogens is 200 g/mol. The summed E-state index contributed by atoms with van der Waals surface area (Å²) >= 11 is 0. The molecule has 15 heavy (non-hydrogen) atoms. The summed E-state index contributed by atoms with van der Waals surface area (Å²) in [5.41, 5.74) is 6.49. The Morgan fingerprint density at radius 3 is 2.73 bits per heavy atom. The lowest BCUT2D eigenvalue weighted by Gasteiger charge is -2.10. The second-order valence-electron chi connectivity index (χ2n) is 3.11. The minimum absolute atomic E-state index is 0.0208. The molecule has 0 aromatic carbocycles. The van der Waals surface area contributed by atoms with Crippen LogP contribution in [0.4, 0.5) is 8.78 Å². The Hall–Kier alpha value is -1.54. The monoisotopic (exact) mass is 211 g/mol. The van der Waals surface area contributed by atoms with Gasteiger partial charge in [-0.2, -0.15) is 5.26 Å². The average Bonchev–Trinajstić information content (AvgIpc) is 2.20. The Morgan fingerprint density at radius 1 is 1.60 bits per heavy atom. The number of hydrogen-bond donors (Lipinski definition) is 1. The van der Waals surface area contributed by atoms with Crippen LogP contribution in [0.15, 0.2) is 6.07 Å². The molecule has 1 aromatic heterocycles. The fraction of sp³-hybridized carbons (Fsp3) is 0.400. The number of nitrogens with zero attached hydrogens (tertiary/aromatic N) is 2. The lowest BCUT2D eigenvalue weighted by molar-refractivity contribution is 0.150. The molecule has 0 spiro atoms. The van der Waals surface area contributed by atoms with Gasteiger partial charge in [-0.3, -0.25) is 4.98 Å². The summed E-state index contributed by atoms with van der Waals surface area (Å²) in [7, 11) is 0. The topological polar surface area (TPSA) is 62.7 Å². The molecule has 0 fully saturated rings. The lowest BCUT2D eigenvalue weighted by Crippen LogP contribution is -2.08. The van der Waals surface area contributed by atoms with Crippen LogP contribution in [0.2, 0.25) is 0 Å². The Bertz CT molecular complexity index is 396. The van der Waals surface area contributed by atoms with Crippen molar-refractivity contribution in [2.75, 3.05) is 0 Å². The van der Waals surface area contributed by atoms with Crippen LogP contribution >= 0.6 is 0 Å². The first kappa shape index (κ1) is 11.5. The quantitative estimate of drug-likeness (QED) is 0.829. The predicted molar refractivity (Wildman–Crippen MR) is 51.1 cm³/mol. The van der Waals surface area contributed by atoms with E-state index >= 15 is 0 Å². The van der Waals surface area contributed by atoms with Crippen molar-refractivity contribution in [1.29, 1.82) is 5.26 Å². The van der Waals surface area contributed by atoms with E-state index in [-0.39, 0.29) is 18.5 Å². The first-order chi connectivity index (χ1) is 7.10. The Labute approximate surface area is 86.5 Å². The molecule has 0 radical (unpaired) electrons. The molecule has 0 saturated carbocycles. The highest BCUT2D eigenvalue weighted by Crippen LogP contribution is 2.24.